The number of fused-ring (bicyclic) bond motifs is 3. The fraction of sp³-hybridized carbons (Fsp3) is 0.0323. The molecule has 0 fully saturated rings. The molecule has 0 atom stereocenters. The minimum absolute atomic E-state index is 1.07. The first-order valence-corrected chi connectivity index (χ1v) is 22.2. The maximum atomic E-state index is 2.41. The molecule has 2 nitrogen and oxygen atoms in total. The Bertz CT molecular complexity index is 3210. The molecule has 64 heavy (non-hydrogen) atoms. The average molecular weight is 819 g/mol. The molecule has 2 heteroatoms. The lowest BCUT2D eigenvalue weighted by Crippen LogP contribution is -2.11. The number of hydrogen-bond acceptors (Lipinski definition) is 2. The molecule has 1 aliphatic carbocycles. The summed E-state index contributed by atoms with van der Waals surface area (Å²) in [6, 6.07) is 87.9. The van der Waals surface area contributed by atoms with E-state index in [0.29, 0.717) is 0 Å². The van der Waals surface area contributed by atoms with Crippen molar-refractivity contribution >= 4 is 51.0 Å². The number of nitrogens with zero attached hydrogens (tertiary/aromatic N) is 2. The van der Waals surface area contributed by atoms with Crippen molar-refractivity contribution in [2.45, 2.75) is 12.8 Å². The van der Waals surface area contributed by atoms with E-state index < -0.39 is 0 Å². The molecule has 0 aromatic heterocycles. The molecule has 0 unspecified atom stereocenters. The highest BCUT2D eigenvalue weighted by molar-refractivity contribution is 6.03. The molecule has 0 spiro atoms. The third kappa shape index (κ3) is 7.67. The van der Waals surface area contributed by atoms with Crippen LogP contribution < -0.4 is 9.80 Å². The number of hydrogen-bond donors (Lipinski definition) is 0. The van der Waals surface area contributed by atoms with Gasteiger partial charge >= 0.3 is 0 Å². The van der Waals surface area contributed by atoms with Gasteiger partial charge in [0.2, 0.25) is 0 Å². The molecular formula is C62H46N2. The van der Waals surface area contributed by atoms with Gasteiger partial charge in [0, 0.05) is 33.8 Å². The number of anilines is 6. The van der Waals surface area contributed by atoms with Crippen LogP contribution >= 0.6 is 0 Å². The first-order chi connectivity index (χ1) is 31.7. The van der Waals surface area contributed by atoms with Crippen molar-refractivity contribution in [3.8, 4) is 44.5 Å². The van der Waals surface area contributed by atoms with Gasteiger partial charge in [0.05, 0.1) is 5.69 Å². The number of para-hydroxylation sites is 1. The van der Waals surface area contributed by atoms with Crippen LogP contribution in [0.3, 0.4) is 0 Å². The van der Waals surface area contributed by atoms with E-state index in [9.17, 15) is 0 Å². The van der Waals surface area contributed by atoms with Gasteiger partial charge in [0.25, 0.3) is 0 Å². The van der Waals surface area contributed by atoms with Crippen molar-refractivity contribution < 1.29 is 0 Å². The lowest BCUT2D eigenvalue weighted by molar-refractivity contribution is 0.997. The summed E-state index contributed by atoms with van der Waals surface area (Å²) in [7, 11) is 0. The molecular weight excluding hydrogens is 773 g/mol. The molecule has 304 valence electrons. The lowest BCUT2D eigenvalue weighted by atomic mass is 9.90. The van der Waals surface area contributed by atoms with E-state index in [2.05, 4.69) is 265 Å². The van der Waals surface area contributed by atoms with Gasteiger partial charge in [-0.05, 0) is 147 Å². The van der Waals surface area contributed by atoms with Crippen LogP contribution in [0.15, 0.2) is 249 Å². The predicted molar refractivity (Wildman–Crippen MR) is 272 cm³/mol. The van der Waals surface area contributed by atoms with E-state index in [0.717, 1.165) is 41.3 Å². The van der Waals surface area contributed by atoms with E-state index in [1.165, 1.54) is 72.1 Å². The summed E-state index contributed by atoms with van der Waals surface area (Å²) >= 11 is 0. The van der Waals surface area contributed by atoms with Crippen molar-refractivity contribution in [3.63, 3.8) is 0 Å². The largest absolute Gasteiger partial charge is 0.311 e. The van der Waals surface area contributed by atoms with Crippen molar-refractivity contribution in [1.82, 2.24) is 0 Å². The van der Waals surface area contributed by atoms with E-state index in [4.69, 9.17) is 0 Å². The average Bonchev–Trinajstić information content (AvgIpc) is 3.38. The van der Waals surface area contributed by atoms with Crippen molar-refractivity contribution in [1.29, 1.82) is 0 Å². The van der Waals surface area contributed by atoms with Crippen molar-refractivity contribution in [3.05, 3.63) is 260 Å². The van der Waals surface area contributed by atoms with Crippen LogP contribution in [0, 0.1) is 0 Å². The van der Waals surface area contributed by atoms with E-state index in [-0.39, 0.29) is 0 Å². The molecule has 0 saturated heterocycles. The second-order valence-corrected chi connectivity index (χ2v) is 16.5. The molecule has 0 saturated carbocycles. The molecule has 10 aromatic carbocycles. The number of allylic oxidation sites excluding steroid dienone is 1. The molecule has 10 aromatic rings. The van der Waals surface area contributed by atoms with Gasteiger partial charge in [-0.2, -0.15) is 0 Å². The maximum absolute atomic E-state index is 2.41. The third-order valence-corrected chi connectivity index (χ3v) is 12.5. The summed E-state index contributed by atoms with van der Waals surface area (Å²) in [5, 5.41) is 2.61. The Hall–Kier alpha value is -8.20. The number of benzene rings is 10. The number of aryl methyl sites for hydroxylation is 1. The fourth-order valence-electron chi connectivity index (χ4n) is 9.29. The van der Waals surface area contributed by atoms with Gasteiger partial charge in [-0.25, -0.2) is 0 Å². The van der Waals surface area contributed by atoms with Gasteiger partial charge in [-0.1, -0.05) is 182 Å². The highest BCUT2D eigenvalue weighted by Crippen LogP contribution is 2.43. The van der Waals surface area contributed by atoms with Crippen molar-refractivity contribution in [2.24, 2.45) is 0 Å². The molecule has 0 radical (unpaired) electrons. The van der Waals surface area contributed by atoms with Crippen LogP contribution in [0.25, 0.3) is 61.4 Å². The Labute approximate surface area is 376 Å². The minimum atomic E-state index is 1.07. The van der Waals surface area contributed by atoms with Crippen LogP contribution in [-0.2, 0) is 6.42 Å². The first-order valence-electron chi connectivity index (χ1n) is 22.2. The molecule has 0 amide bonds. The summed E-state index contributed by atoms with van der Waals surface area (Å²) in [5.41, 5.74) is 19.0. The highest BCUT2D eigenvalue weighted by Gasteiger charge is 2.20. The Balaban J connectivity index is 0.927. The standard InChI is InChI=1S/C62H46N2/c1-4-15-45(16-5-1)47-27-35-55(36-28-47)63(57-39-33-50(34-40-57)52-21-14-20-51(43-52)46-17-6-2-7-18-46)56-37-29-48(30-38-56)49-31-41-58(42-32-49)64(54-22-8-3-9-23-54)62-44-53-19-10-11-24-59(53)60-25-12-13-26-61(60)62/h1-10,12-23,25-44H,11,24H2. The molecule has 0 N–H and O–H groups in total. The molecule has 0 bridgehead atoms. The first kappa shape index (κ1) is 38.7. The van der Waals surface area contributed by atoms with Crippen molar-refractivity contribution in [2.75, 3.05) is 9.80 Å². The second-order valence-electron chi connectivity index (χ2n) is 16.5. The summed E-state index contributed by atoms with van der Waals surface area (Å²) < 4.78 is 0. The molecule has 1 aliphatic rings. The van der Waals surface area contributed by atoms with Crippen LogP contribution in [0.5, 0.6) is 0 Å². The predicted octanol–water partition coefficient (Wildman–Crippen LogP) is 17.4. The maximum Gasteiger partial charge on any atom is 0.0546 e. The minimum Gasteiger partial charge on any atom is -0.311 e. The van der Waals surface area contributed by atoms with E-state index in [1.54, 1.807) is 0 Å². The zero-order valence-corrected chi connectivity index (χ0v) is 35.6. The van der Waals surface area contributed by atoms with E-state index >= 15 is 0 Å². The van der Waals surface area contributed by atoms with Crippen LogP contribution in [-0.4, -0.2) is 0 Å². The second kappa shape index (κ2) is 17.3. The van der Waals surface area contributed by atoms with Gasteiger partial charge in [0.15, 0.2) is 0 Å². The molecule has 0 heterocycles. The topological polar surface area (TPSA) is 6.48 Å². The normalized spacial score (nSPS) is 11.9. The lowest BCUT2D eigenvalue weighted by Gasteiger charge is -2.29. The molecule has 11 rings (SSSR count). The molecule has 0 aliphatic heterocycles. The quantitative estimate of drug-likeness (QED) is 0.136. The van der Waals surface area contributed by atoms with Crippen LogP contribution in [0.1, 0.15) is 17.5 Å². The van der Waals surface area contributed by atoms with Crippen LogP contribution in [0.2, 0.25) is 0 Å². The van der Waals surface area contributed by atoms with Gasteiger partial charge in [-0.3, -0.25) is 0 Å². The van der Waals surface area contributed by atoms with E-state index in [1.807, 2.05) is 0 Å². The summed E-state index contributed by atoms with van der Waals surface area (Å²) in [6.45, 7) is 0. The Morgan fingerprint density at radius 3 is 1.17 bits per heavy atom. The third-order valence-electron chi connectivity index (χ3n) is 12.5. The monoisotopic (exact) mass is 818 g/mol. The number of rotatable bonds is 10. The fourth-order valence-corrected chi connectivity index (χ4v) is 9.29. The van der Waals surface area contributed by atoms with Crippen LogP contribution in [0.4, 0.5) is 34.1 Å². The summed E-state index contributed by atoms with van der Waals surface area (Å²) in [6.07, 6.45) is 6.75. The zero-order chi connectivity index (χ0) is 42.7. The van der Waals surface area contributed by atoms with Gasteiger partial charge in [0.1, 0.15) is 0 Å². The summed E-state index contributed by atoms with van der Waals surface area (Å²) in [4.78, 5) is 4.76. The van der Waals surface area contributed by atoms with Gasteiger partial charge < -0.3 is 9.80 Å². The Morgan fingerprint density at radius 1 is 0.281 bits per heavy atom. The van der Waals surface area contributed by atoms with Gasteiger partial charge in [-0.15, -0.1) is 0 Å². The Morgan fingerprint density at radius 2 is 0.656 bits per heavy atom. The smallest absolute Gasteiger partial charge is 0.0546 e. The SMILES string of the molecule is C1=Cc2cc(N(c3ccccc3)c3ccc(-c4ccc(N(c5ccc(-c6ccccc6)cc5)c5ccc(-c6cccc(-c7ccccc7)c6)cc5)cc4)cc3)c3ccccc3c2CC1. The zero-order valence-electron chi connectivity index (χ0n) is 35.6. The highest BCUT2D eigenvalue weighted by atomic mass is 15.1. The Kier molecular flexibility index (Phi) is 10.5. The summed E-state index contributed by atoms with van der Waals surface area (Å²) in [5.74, 6) is 0.